The number of aromatic nitrogens is 2. The number of carbonyl (C=O) groups excluding carboxylic acids is 1. The lowest BCUT2D eigenvalue weighted by Gasteiger charge is -2.10. The molecule has 0 fully saturated rings. The molecule has 0 aliphatic heterocycles. The first-order chi connectivity index (χ1) is 12.7. The standard InChI is InChI=1S/C19H18N2O3S2/c22-17-10-13(11-24-18(23)12-25-14-6-2-1-3-7-14)20-19-21(17)15-8-4-5-9-16(15)26-19/h1-3,6-7,10H,4-5,8-9,11-12H2. The number of carbonyl (C=O) groups is 1. The molecular formula is C19H18N2O3S2. The predicted octanol–water partition coefficient (Wildman–Crippen LogP) is 3.47. The van der Waals surface area contributed by atoms with Crippen LogP contribution >= 0.6 is 23.1 Å². The topological polar surface area (TPSA) is 60.7 Å². The van der Waals surface area contributed by atoms with Crippen molar-refractivity contribution in [2.45, 2.75) is 37.2 Å². The summed E-state index contributed by atoms with van der Waals surface area (Å²) in [6.45, 7) is 0.0302. The van der Waals surface area contributed by atoms with E-state index in [1.807, 2.05) is 30.3 Å². The van der Waals surface area contributed by atoms with Gasteiger partial charge in [-0.2, -0.15) is 0 Å². The predicted molar refractivity (Wildman–Crippen MR) is 103 cm³/mol. The van der Waals surface area contributed by atoms with Crippen LogP contribution in [0, 0.1) is 0 Å². The molecule has 0 bridgehead atoms. The highest BCUT2D eigenvalue weighted by atomic mass is 32.2. The molecule has 4 rings (SSSR count). The van der Waals surface area contributed by atoms with Gasteiger partial charge < -0.3 is 4.74 Å². The summed E-state index contributed by atoms with van der Waals surface area (Å²) in [5, 5.41) is 0. The molecule has 1 aliphatic carbocycles. The van der Waals surface area contributed by atoms with Gasteiger partial charge in [0.25, 0.3) is 5.56 Å². The summed E-state index contributed by atoms with van der Waals surface area (Å²) in [5.74, 6) is -0.0789. The third kappa shape index (κ3) is 3.68. The number of thioether (sulfide) groups is 1. The van der Waals surface area contributed by atoms with Gasteiger partial charge in [-0.05, 0) is 37.8 Å². The van der Waals surface area contributed by atoms with E-state index in [9.17, 15) is 9.59 Å². The van der Waals surface area contributed by atoms with E-state index in [0.717, 1.165) is 36.3 Å². The fourth-order valence-electron chi connectivity index (χ4n) is 3.07. The summed E-state index contributed by atoms with van der Waals surface area (Å²) in [4.78, 5) is 31.9. The number of hydrogen-bond donors (Lipinski definition) is 0. The van der Waals surface area contributed by atoms with E-state index in [-0.39, 0.29) is 23.9 Å². The van der Waals surface area contributed by atoms with Gasteiger partial charge in [0.05, 0.1) is 11.4 Å². The molecule has 2 heterocycles. The molecule has 0 saturated carbocycles. The summed E-state index contributed by atoms with van der Waals surface area (Å²) in [6.07, 6.45) is 4.23. The van der Waals surface area contributed by atoms with Crippen molar-refractivity contribution in [3.8, 4) is 0 Å². The Hall–Kier alpha value is -2.12. The molecule has 5 nitrogen and oxygen atoms in total. The van der Waals surface area contributed by atoms with E-state index < -0.39 is 0 Å². The number of aryl methyl sites for hydroxylation is 2. The molecule has 0 amide bonds. The number of esters is 1. The van der Waals surface area contributed by atoms with Crippen LogP contribution in [0.4, 0.5) is 0 Å². The largest absolute Gasteiger partial charge is 0.459 e. The van der Waals surface area contributed by atoms with Gasteiger partial charge >= 0.3 is 5.97 Å². The van der Waals surface area contributed by atoms with Crippen LogP contribution in [0.5, 0.6) is 0 Å². The number of fused-ring (bicyclic) bond motifs is 3. The van der Waals surface area contributed by atoms with Gasteiger partial charge in [-0.1, -0.05) is 18.2 Å². The molecule has 0 saturated heterocycles. The molecule has 0 atom stereocenters. The SMILES string of the molecule is O=C(CSc1ccccc1)OCc1cc(=O)n2c3c(sc2n1)CCCC3. The van der Waals surface area contributed by atoms with Crippen molar-refractivity contribution in [1.29, 1.82) is 0 Å². The average molecular weight is 386 g/mol. The van der Waals surface area contributed by atoms with E-state index in [2.05, 4.69) is 4.98 Å². The van der Waals surface area contributed by atoms with Gasteiger partial charge in [-0.3, -0.25) is 14.0 Å². The zero-order chi connectivity index (χ0) is 17.9. The number of benzene rings is 1. The minimum absolute atomic E-state index is 0.0302. The molecule has 0 N–H and O–H groups in total. The minimum atomic E-state index is -0.314. The second kappa shape index (κ2) is 7.63. The Labute approximate surface area is 159 Å². The first-order valence-electron chi connectivity index (χ1n) is 8.57. The lowest BCUT2D eigenvalue weighted by Crippen LogP contribution is -2.18. The van der Waals surface area contributed by atoms with Crippen molar-refractivity contribution >= 4 is 34.0 Å². The Kier molecular flexibility index (Phi) is 5.08. The van der Waals surface area contributed by atoms with E-state index in [1.54, 1.807) is 15.7 Å². The lowest BCUT2D eigenvalue weighted by molar-refractivity contribution is -0.141. The third-order valence-electron chi connectivity index (χ3n) is 4.30. The maximum atomic E-state index is 12.5. The molecule has 1 aliphatic rings. The molecule has 0 spiro atoms. The number of hydrogen-bond acceptors (Lipinski definition) is 6. The lowest BCUT2D eigenvalue weighted by atomic mass is 10.0. The molecule has 0 radical (unpaired) electrons. The van der Waals surface area contributed by atoms with Crippen LogP contribution in [-0.4, -0.2) is 21.1 Å². The zero-order valence-electron chi connectivity index (χ0n) is 14.1. The second-order valence-electron chi connectivity index (χ2n) is 6.15. The van der Waals surface area contributed by atoms with E-state index in [0.29, 0.717) is 10.7 Å². The normalized spacial score (nSPS) is 13.5. The summed E-state index contributed by atoms with van der Waals surface area (Å²) in [7, 11) is 0. The highest BCUT2D eigenvalue weighted by molar-refractivity contribution is 8.00. The first kappa shape index (κ1) is 17.3. The van der Waals surface area contributed by atoms with Crippen molar-refractivity contribution < 1.29 is 9.53 Å². The molecule has 134 valence electrons. The first-order valence-corrected chi connectivity index (χ1v) is 10.4. The smallest absolute Gasteiger partial charge is 0.316 e. The Balaban J connectivity index is 1.42. The van der Waals surface area contributed by atoms with Crippen molar-refractivity contribution in [3.05, 3.63) is 63.0 Å². The molecule has 7 heteroatoms. The Morgan fingerprint density at radius 3 is 2.88 bits per heavy atom. The van der Waals surface area contributed by atoms with Gasteiger partial charge in [0, 0.05) is 21.5 Å². The van der Waals surface area contributed by atoms with Crippen molar-refractivity contribution in [1.82, 2.24) is 9.38 Å². The van der Waals surface area contributed by atoms with E-state index >= 15 is 0 Å². The number of nitrogens with zero attached hydrogens (tertiary/aromatic N) is 2. The molecule has 3 aromatic rings. The third-order valence-corrected chi connectivity index (χ3v) is 6.42. The van der Waals surface area contributed by atoms with Crippen LogP contribution in [0.15, 0.2) is 46.1 Å². The Morgan fingerprint density at radius 2 is 2.04 bits per heavy atom. The summed E-state index contributed by atoms with van der Waals surface area (Å²) in [6, 6.07) is 11.2. The van der Waals surface area contributed by atoms with Gasteiger partial charge in [0.1, 0.15) is 6.61 Å². The van der Waals surface area contributed by atoms with E-state index in [4.69, 9.17) is 4.74 Å². The highest BCUT2D eigenvalue weighted by Gasteiger charge is 2.18. The number of thiazole rings is 1. The van der Waals surface area contributed by atoms with Crippen molar-refractivity contribution in [3.63, 3.8) is 0 Å². The molecule has 1 aromatic carbocycles. The molecule has 2 aromatic heterocycles. The fourth-order valence-corrected chi connectivity index (χ4v) is 5.02. The maximum absolute atomic E-state index is 12.5. The Bertz CT molecular complexity index is 995. The van der Waals surface area contributed by atoms with Crippen LogP contribution in [0.1, 0.15) is 29.1 Å². The molecule has 26 heavy (non-hydrogen) atoms. The molecule has 0 unspecified atom stereocenters. The van der Waals surface area contributed by atoms with Crippen LogP contribution in [0.2, 0.25) is 0 Å². The van der Waals surface area contributed by atoms with Crippen molar-refractivity contribution in [2.75, 3.05) is 5.75 Å². The summed E-state index contributed by atoms with van der Waals surface area (Å²) >= 11 is 3.01. The monoisotopic (exact) mass is 386 g/mol. The number of ether oxygens (including phenoxy) is 1. The van der Waals surface area contributed by atoms with Crippen LogP contribution < -0.4 is 5.56 Å². The maximum Gasteiger partial charge on any atom is 0.316 e. The number of rotatable bonds is 5. The highest BCUT2D eigenvalue weighted by Crippen LogP contribution is 2.28. The van der Waals surface area contributed by atoms with Crippen LogP contribution in [-0.2, 0) is 29.0 Å². The van der Waals surface area contributed by atoms with Gasteiger partial charge in [-0.15, -0.1) is 23.1 Å². The van der Waals surface area contributed by atoms with Crippen molar-refractivity contribution in [2.24, 2.45) is 0 Å². The average Bonchev–Trinajstić information content (AvgIpc) is 3.04. The van der Waals surface area contributed by atoms with Gasteiger partial charge in [0.15, 0.2) is 4.96 Å². The van der Waals surface area contributed by atoms with Crippen LogP contribution in [0.25, 0.3) is 4.96 Å². The zero-order valence-corrected chi connectivity index (χ0v) is 15.8. The Morgan fingerprint density at radius 1 is 1.23 bits per heavy atom. The van der Waals surface area contributed by atoms with E-state index in [1.165, 1.54) is 22.7 Å². The quantitative estimate of drug-likeness (QED) is 0.496. The summed E-state index contributed by atoms with van der Waals surface area (Å²) < 4.78 is 7.01. The van der Waals surface area contributed by atoms with Gasteiger partial charge in [0.2, 0.25) is 0 Å². The van der Waals surface area contributed by atoms with Crippen LogP contribution in [0.3, 0.4) is 0 Å². The van der Waals surface area contributed by atoms with Gasteiger partial charge in [-0.25, -0.2) is 4.98 Å². The summed E-state index contributed by atoms with van der Waals surface area (Å²) in [5.41, 5.74) is 1.53. The second-order valence-corrected chi connectivity index (χ2v) is 8.26. The minimum Gasteiger partial charge on any atom is -0.459 e. The molecular weight excluding hydrogens is 368 g/mol. The fraction of sp³-hybridized carbons (Fsp3) is 0.316.